The summed E-state index contributed by atoms with van der Waals surface area (Å²) < 4.78 is 5.59. The van der Waals surface area contributed by atoms with Gasteiger partial charge in [0, 0.05) is 36.4 Å². The molecule has 4 aromatic carbocycles. The number of nitro groups is 1. The predicted octanol–water partition coefficient (Wildman–Crippen LogP) is 5.26. The molecule has 0 radical (unpaired) electrons. The van der Waals surface area contributed by atoms with Gasteiger partial charge in [-0.1, -0.05) is 54.6 Å². The van der Waals surface area contributed by atoms with E-state index in [1.54, 1.807) is 31.2 Å². The van der Waals surface area contributed by atoms with E-state index in [1.165, 1.54) is 28.0 Å². The minimum Gasteiger partial charge on any atom is -0.426 e. The molecule has 0 spiro atoms. The zero-order valence-electron chi connectivity index (χ0n) is 24.7. The van der Waals surface area contributed by atoms with E-state index in [0.29, 0.717) is 16.9 Å². The number of ether oxygens (including phenoxy) is 1. The van der Waals surface area contributed by atoms with Crippen LogP contribution in [-0.4, -0.2) is 35.2 Å². The second kappa shape index (κ2) is 10.2. The number of rotatable bonds is 5. The van der Waals surface area contributed by atoms with Gasteiger partial charge in [0.05, 0.1) is 34.1 Å². The number of carbonyl (C=O) groups excluding carboxylic acids is 4. The molecule has 0 aromatic heterocycles. The molecule has 2 heterocycles. The third-order valence-electron chi connectivity index (χ3n) is 9.92. The van der Waals surface area contributed by atoms with Crippen LogP contribution in [0.25, 0.3) is 0 Å². The molecule has 10 heteroatoms. The summed E-state index contributed by atoms with van der Waals surface area (Å²) >= 11 is 0. The lowest BCUT2D eigenvalue weighted by Crippen LogP contribution is -2.41. The SMILES string of the molecule is Cc1ccc(N2C[C@@H](C(=O)Oc3ccc(N4C(=O)[C@@H]5C6c7ccccc7C(c7ccccc76)[C@@H]5C4=O)cc3)CC2=O)cc1[N+](=O)[O-]. The summed E-state index contributed by atoms with van der Waals surface area (Å²) in [5.41, 5.74) is 5.52. The number of anilines is 2. The van der Waals surface area contributed by atoms with E-state index in [2.05, 4.69) is 24.3 Å². The van der Waals surface area contributed by atoms with Crippen LogP contribution < -0.4 is 14.5 Å². The summed E-state index contributed by atoms with van der Waals surface area (Å²) in [5, 5.41) is 11.4. The number of nitrogens with zero attached hydrogens (tertiary/aromatic N) is 3. The van der Waals surface area contributed by atoms with Crippen molar-refractivity contribution >= 4 is 40.8 Å². The molecule has 0 saturated carbocycles. The van der Waals surface area contributed by atoms with E-state index >= 15 is 0 Å². The molecule has 2 aliphatic heterocycles. The Morgan fingerprint density at radius 3 is 1.83 bits per heavy atom. The van der Waals surface area contributed by atoms with Crippen molar-refractivity contribution in [2.45, 2.75) is 25.2 Å². The van der Waals surface area contributed by atoms with Crippen LogP contribution in [-0.2, 0) is 19.2 Å². The molecule has 2 saturated heterocycles. The van der Waals surface area contributed by atoms with Crippen molar-refractivity contribution in [1.29, 1.82) is 0 Å². The molecule has 228 valence electrons. The number of benzene rings is 4. The van der Waals surface area contributed by atoms with Crippen LogP contribution in [0.5, 0.6) is 5.75 Å². The minimum absolute atomic E-state index is 0.0304. The lowest BCUT2D eigenvalue weighted by atomic mass is 9.55. The van der Waals surface area contributed by atoms with Gasteiger partial charge in [-0.25, -0.2) is 4.90 Å². The van der Waals surface area contributed by atoms with Gasteiger partial charge in [0.15, 0.2) is 0 Å². The van der Waals surface area contributed by atoms with Crippen LogP contribution in [0.2, 0.25) is 0 Å². The molecule has 5 aliphatic rings. The topological polar surface area (TPSA) is 127 Å². The van der Waals surface area contributed by atoms with Gasteiger partial charge in [0.2, 0.25) is 17.7 Å². The quantitative estimate of drug-likeness (QED) is 0.0988. The number of imide groups is 1. The van der Waals surface area contributed by atoms with Crippen molar-refractivity contribution in [2.75, 3.05) is 16.3 Å². The number of hydrogen-bond donors (Lipinski definition) is 0. The van der Waals surface area contributed by atoms with Crippen molar-refractivity contribution in [3.63, 3.8) is 0 Å². The average Bonchev–Trinajstić information content (AvgIpc) is 3.58. The maximum absolute atomic E-state index is 14.0. The molecule has 3 aliphatic carbocycles. The first-order valence-electron chi connectivity index (χ1n) is 15.2. The van der Waals surface area contributed by atoms with Crippen LogP contribution in [0.4, 0.5) is 17.1 Å². The number of nitro benzene ring substituents is 1. The fourth-order valence-corrected chi connectivity index (χ4v) is 7.87. The van der Waals surface area contributed by atoms with Crippen LogP contribution in [0.1, 0.15) is 46.1 Å². The Bertz CT molecular complexity index is 1890. The zero-order chi connectivity index (χ0) is 31.9. The van der Waals surface area contributed by atoms with Crippen LogP contribution in [0.3, 0.4) is 0 Å². The first-order valence-corrected chi connectivity index (χ1v) is 15.2. The van der Waals surface area contributed by atoms with Crippen molar-refractivity contribution in [2.24, 2.45) is 17.8 Å². The molecular formula is C36H27N3O7. The van der Waals surface area contributed by atoms with Gasteiger partial charge in [-0.2, -0.15) is 0 Å². The van der Waals surface area contributed by atoms with Gasteiger partial charge >= 0.3 is 5.97 Å². The molecule has 46 heavy (non-hydrogen) atoms. The van der Waals surface area contributed by atoms with E-state index in [4.69, 9.17) is 4.74 Å². The monoisotopic (exact) mass is 613 g/mol. The van der Waals surface area contributed by atoms with Crippen molar-refractivity contribution in [3.8, 4) is 5.75 Å². The summed E-state index contributed by atoms with van der Waals surface area (Å²) in [5.74, 6) is -3.39. The van der Waals surface area contributed by atoms with Gasteiger partial charge < -0.3 is 9.64 Å². The lowest BCUT2D eigenvalue weighted by molar-refractivity contribution is -0.385. The lowest BCUT2D eigenvalue weighted by Gasteiger charge is -2.45. The first kappa shape index (κ1) is 27.9. The Hall–Kier alpha value is -5.64. The highest BCUT2D eigenvalue weighted by molar-refractivity contribution is 6.23. The smallest absolute Gasteiger partial charge is 0.316 e. The van der Waals surface area contributed by atoms with E-state index in [0.717, 1.165) is 22.3 Å². The Morgan fingerprint density at radius 1 is 0.783 bits per heavy atom. The third kappa shape index (κ3) is 4.02. The zero-order valence-corrected chi connectivity index (χ0v) is 24.7. The molecule has 3 amide bonds. The van der Waals surface area contributed by atoms with Gasteiger partial charge in [-0.15, -0.1) is 0 Å². The molecule has 4 aromatic rings. The van der Waals surface area contributed by atoms with Gasteiger partial charge in [-0.3, -0.25) is 29.3 Å². The molecule has 0 unspecified atom stereocenters. The molecule has 2 bridgehead atoms. The van der Waals surface area contributed by atoms with Gasteiger partial charge in [0.1, 0.15) is 5.75 Å². The van der Waals surface area contributed by atoms with Crippen molar-refractivity contribution in [1.82, 2.24) is 0 Å². The normalized spacial score (nSPS) is 24.1. The number of amides is 3. The fraction of sp³-hybridized carbons (Fsp3) is 0.222. The largest absolute Gasteiger partial charge is 0.426 e. The maximum Gasteiger partial charge on any atom is 0.316 e. The molecule has 10 nitrogen and oxygen atoms in total. The Labute approximate surface area is 263 Å². The third-order valence-corrected chi connectivity index (χ3v) is 9.92. The number of hydrogen-bond acceptors (Lipinski definition) is 7. The molecule has 0 N–H and O–H groups in total. The Kier molecular flexibility index (Phi) is 6.18. The minimum atomic E-state index is -0.767. The molecule has 9 rings (SSSR count). The second-order valence-electron chi connectivity index (χ2n) is 12.3. The highest BCUT2D eigenvalue weighted by Gasteiger charge is 2.61. The Balaban J connectivity index is 1.00. The fourth-order valence-electron chi connectivity index (χ4n) is 7.87. The highest BCUT2D eigenvalue weighted by atomic mass is 16.6. The van der Waals surface area contributed by atoms with E-state index in [1.807, 2.05) is 24.3 Å². The van der Waals surface area contributed by atoms with Crippen LogP contribution >= 0.6 is 0 Å². The standard InChI is InChI=1S/C36H27N3O7/c1-19-10-11-22(17-28(19)39(44)45)37-18-20(16-29(37)40)36(43)46-23-14-12-21(13-15-23)38-34(41)32-30-24-6-2-3-7-25(24)31(33(32)35(38)42)27-9-5-4-8-26(27)30/h2-15,17,20,30-33H,16,18H2,1H3/t20-,30?,31?,32-,33+/m0/s1. The van der Waals surface area contributed by atoms with Crippen molar-refractivity contribution < 1.29 is 28.8 Å². The van der Waals surface area contributed by atoms with Crippen LogP contribution in [0.15, 0.2) is 91.0 Å². The van der Waals surface area contributed by atoms with Gasteiger partial charge in [0.25, 0.3) is 5.69 Å². The average molecular weight is 614 g/mol. The Morgan fingerprint density at radius 2 is 1.30 bits per heavy atom. The molecular weight excluding hydrogens is 586 g/mol. The number of carbonyl (C=O) groups is 4. The number of esters is 1. The van der Waals surface area contributed by atoms with Crippen molar-refractivity contribution in [3.05, 3.63) is 129 Å². The number of aryl methyl sites for hydroxylation is 1. The summed E-state index contributed by atoms with van der Waals surface area (Å²) in [6, 6.07) is 26.9. The molecule has 2 fully saturated rings. The summed E-state index contributed by atoms with van der Waals surface area (Å²) in [6.07, 6.45) is -0.0920. The summed E-state index contributed by atoms with van der Waals surface area (Å²) in [7, 11) is 0. The summed E-state index contributed by atoms with van der Waals surface area (Å²) in [6.45, 7) is 1.65. The van der Waals surface area contributed by atoms with E-state index in [9.17, 15) is 29.3 Å². The highest BCUT2D eigenvalue weighted by Crippen LogP contribution is 2.61. The second-order valence-corrected chi connectivity index (χ2v) is 12.3. The van der Waals surface area contributed by atoms with E-state index < -0.39 is 28.6 Å². The predicted molar refractivity (Wildman–Crippen MR) is 166 cm³/mol. The first-order chi connectivity index (χ1) is 22.2. The molecule has 3 atom stereocenters. The maximum atomic E-state index is 14.0. The van der Waals surface area contributed by atoms with Gasteiger partial charge in [-0.05, 0) is 59.5 Å². The summed E-state index contributed by atoms with van der Waals surface area (Å²) in [4.78, 5) is 67.3. The van der Waals surface area contributed by atoms with Crippen LogP contribution in [0, 0.1) is 34.8 Å². The van der Waals surface area contributed by atoms with E-state index in [-0.39, 0.29) is 54.0 Å².